The number of benzene rings is 1. The Morgan fingerprint density at radius 3 is 2.64 bits per heavy atom. The van der Waals surface area contributed by atoms with E-state index in [0.717, 1.165) is 6.42 Å². The first kappa shape index (κ1) is 18.9. The molecule has 0 aliphatic carbocycles. The van der Waals surface area contributed by atoms with Gasteiger partial charge >= 0.3 is 0 Å². The number of ether oxygens (including phenoxy) is 3. The van der Waals surface area contributed by atoms with E-state index in [1.54, 1.807) is 18.3 Å². The van der Waals surface area contributed by atoms with Gasteiger partial charge in [-0.2, -0.15) is 0 Å². The number of sulfonamides is 1. The van der Waals surface area contributed by atoms with Crippen molar-refractivity contribution in [1.29, 1.82) is 0 Å². The van der Waals surface area contributed by atoms with Crippen LogP contribution in [0.4, 0.5) is 5.95 Å². The van der Waals surface area contributed by atoms with Crippen molar-refractivity contribution in [2.24, 2.45) is 0 Å². The van der Waals surface area contributed by atoms with Crippen LogP contribution in [0.3, 0.4) is 0 Å². The van der Waals surface area contributed by atoms with Gasteiger partial charge in [-0.25, -0.2) is 23.1 Å². The highest BCUT2D eigenvalue weighted by Gasteiger charge is 2.19. The molecule has 1 fully saturated rings. The van der Waals surface area contributed by atoms with Gasteiger partial charge in [0.15, 0.2) is 11.5 Å². The standard InChI is InChI=1S/C18H22N4O5S/c23-28(24,15-2-3-16-17(12-15)27-9-1-8-26-16)20-13-14-4-5-19-18(21-14)22-6-10-25-11-7-22/h2-5,12,20H,1,6-11,13H2. The number of rotatable bonds is 5. The van der Waals surface area contributed by atoms with Crippen LogP contribution in [-0.4, -0.2) is 57.9 Å². The fourth-order valence-corrected chi connectivity index (χ4v) is 3.98. The summed E-state index contributed by atoms with van der Waals surface area (Å²) >= 11 is 0. The lowest BCUT2D eigenvalue weighted by Gasteiger charge is -2.26. The van der Waals surface area contributed by atoms with Crippen LogP contribution >= 0.6 is 0 Å². The second-order valence-electron chi connectivity index (χ2n) is 6.43. The van der Waals surface area contributed by atoms with Crippen LogP contribution in [0.5, 0.6) is 11.5 Å². The van der Waals surface area contributed by atoms with Crippen LogP contribution in [0.15, 0.2) is 35.4 Å². The number of anilines is 1. The predicted octanol–water partition coefficient (Wildman–Crippen LogP) is 0.953. The van der Waals surface area contributed by atoms with Crippen molar-refractivity contribution < 1.29 is 22.6 Å². The molecule has 4 rings (SSSR count). The SMILES string of the molecule is O=S(=O)(NCc1ccnc(N2CCOCC2)n1)c1ccc2c(c1)OCCCO2. The van der Waals surface area contributed by atoms with Gasteiger partial charge in [0.25, 0.3) is 0 Å². The van der Waals surface area contributed by atoms with Gasteiger partial charge < -0.3 is 19.1 Å². The molecule has 0 bridgehead atoms. The van der Waals surface area contributed by atoms with Crippen molar-refractivity contribution in [2.75, 3.05) is 44.4 Å². The Morgan fingerprint density at radius 1 is 1.04 bits per heavy atom. The Morgan fingerprint density at radius 2 is 1.82 bits per heavy atom. The average molecular weight is 406 g/mol. The van der Waals surface area contributed by atoms with Crippen LogP contribution in [0.25, 0.3) is 0 Å². The molecule has 10 heteroatoms. The highest BCUT2D eigenvalue weighted by Crippen LogP contribution is 2.31. The van der Waals surface area contributed by atoms with E-state index < -0.39 is 10.0 Å². The summed E-state index contributed by atoms with van der Waals surface area (Å²) in [6.07, 6.45) is 2.39. The number of fused-ring (bicyclic) bond motifs is 1. The Bertz CT molecular complexity index is 931. The average Bonchev–Trinajstić information content (AvgIpc) is 2.98. The molecule has 2 aliphatic heterocycles. The van der Waals surface area contributed by atoms with Gasteiger partial charge in [0, 0.05) is 31.8 Å². The molecule has 1 saturated heterocycles. The van der Waals surface area contributed by atoms with Gasteiger partial charge in [-0.3, -0.25) is 0 Å². The first-order valence-electron chi connectivity index (χ1n) is 9.16. The lowest BCUT2D eigenvalue weighted by atomic mass is 10.3. The molecular formula is C18H22N4O5S. The molecular weight excluding hydrogens is 384 g/mol. The molecule has 0 spiro atoms. The molecule has 0 amide bonds. The number of aromatic nitrogens is 2. The van der Waals surface area contributed by atoms with Gasteiger partial charge in [-0.15, -0.1) is 0 Å². The summed E-state index contributed by atoms with van der Waals surface area (Å²) in [5.41, 5.74) is 0.592. The first-order chi connectivity index (χ1) is 13.6. The molecule has 2 aromatic rings. The number of nitrogens with one attached hydrogen (secondary N) is 1. The molecule has 1 aromatic carbocycles. The van der Waals surface area contributed by atoms with Crippen LogP contribution < -0.4 is 19.1 Å². The van der Waals surface area contributed by atoms with Crippen molar-refractivity contribution >= 4 is 16.0 Å². The van der Waals surface area contributed by atoms with E-state index in [4.69, 9.17) is 14.2 Å². The minimum Gasteiger partial charge on any atom is -0.490 e. The summed E-state index contributed by atoms with van der Waals surface area (Å²) in [7, 11) is -3.72. The van der Waals surface area contributed by atoms with Gasteiger partial charge in [-0.1, -0.05) is 0 Å². The molecule has 0 radical (unpaired) electrons. The summed E-state index contributed by atoms with van der Waals surface area (Å²) < 4.78 is 44.4. The highest BCUT2D eigenvalue weighted by molar-refractivity contribution is 7.89. The van der Waals surface area contributed by atoms with E-state index >= 15 is 0 Å². The summed E-state index contributed by atoms with van der Waals surface area (Å²) in [4.78, 5) is 10.9. The summed E-state index contributed by atoms with van der Waals surface area (Å²) in [6, 6.07) is 6.31. The Balaban J connectivity index is 1.46. The van der Waals surface area contributed by atoms with Crippen LogP contribution in [0, 0.1) is 0 Å². The van der Waals surface area contributed by atoms with E-state index in [9.17, 15) is 8.42 Å². The maximum absolute atomic E-state index is 12.7. The zero-order chi connectivity index (χ0) is 19.4. The molecule has 3 heterocycles. The smallest absolute Gasteiger partial charge is 0.241 e. The van der Waals surface area contributed by atoms with Gasteiger partial charge in [0.1, 0.15) is 0 Å². The fourth-order valence-electron chi connectivity index (χ4n) is 2.96. The van der Waals surface area contributed by atoms with E-state index in [2.05, 4.69) is 14.7 Å². The molecule has 150 valence electrons. The minimum absolute atomic E-state index is 0.0661. The van der Waals surface area contributed by atoms with Crippen molar-refractivity contribution in [1.82, 2.24) is 14.7 Å². The van der Waals surface area contributed by atoms with E-state index in [-0.39, 0.29) is 11.4 Å². The molecule has 9 nitrogen and oxygen atoms in total. The maximum Gasteiger partial charge on any atom is 0.241 e. The molecule has 1 N–H and O–H groups in total. The Kier molecular flexibility index (Phi) is 5.60. The Hall–Kier alpha value is -2.43. The number of hydrogen-bond donors (Lipinski definition) is 1. The number of morpholine rings is 1. The van der Waals surface area contributed by atoms with Gasteiger partial charge in [-0.05, 0) is 18.2 Å². The molecule has 0 atom stereocenters. The summed E-state index contributed by atoms with van der Waals surface area (Å²) in [6.45, 7) is 3.80. The molecule has 0 saturated carbocycles. The monoisotopic (exact) mass is 406 g/mol. The van der Waals surface area contributed by atoms with Crippen LogP contribution in [-0.2, 0) is 21.3 Å². The summed E-state index contributed by atoms with van der Waals surface area (Å²) in [5.74, 6) is 1.58. The molecule has 1 aromatic heterocycles. The van der Waals surface area contributed by atoms with E-state index in [1.165, 1.54) is 12.1 Å². The van der Waals surface area contributed by atoms with Crippen LogP contribution in [0.2, 0.25) is 0 Å². The second-order valence-corrected chi connectivity index (χ2v) is 8.20. The fraction of sp³-hybridized carbons (Fsp3) is 0.444. The third-order valence-electron chi connectivity index (χ3n) is 4.47. The van der Waals surface area contributed by atoms with Crippen molar-refractivity contribution in [2.45, 2.75) is 17.9 Å². The molecule has 0 unspecified atom stereocenters. The van der Waals surface area contributed by atoms with Crippen molar-refractivity contribution in [3.05, 3.63) is 36.2 Å². The van der Waals surface area contributed by atoms with E-state index in [1.807, 2.05) is 4.90 Å². The lowest BCUT2D eigenvalue weighted by molar-refractivity contribution is 0.122. The lowest BCUT2D eigenvalue weighted by Crippen LogP contribution is -2.37. The highest BCUT2D eigenvalue weighted by atomic mass is 32.2. The zero-order valence-corrected chi connectivity index (χ0v) is 16.2. The number of hydrogen-bond acceptors (Lipinski definition) is 8. The normalized spacial score (nSPS) is 17.2. The van der Waals surface area contributed by atoms with Crippen LogP contribution in [0.1, 0.15) is 12.1 Å². The topological polar surface area (TPSA) is 103 Å². The Labute approximate surface area is 163 Å². The molecule has 2 aliphatic rings. The van der Waals surface area contributed by atoms with Gasteiger partial charge in [0.2, 0.25) is 16.0 Å². The predicted molar refractivity (Wildman–Crippen MR) is 101 cm³/mol. The largest absolute Gasteiger partial charge is 0.490 e. The second kappa shape index (κ2) is 8.29. The summed E-state index contributed by atoms with van der Waals surface area (Å²) in [5, 5.41) is 0. The maximum atomic E-state index is 12.7. The number of nitrogens with zero attached hydrogens (tertiary/aromatic N) is 3. The third-order valence-corrected chi connectivity index (χ3v) is 5.87. The van der Waals surface area contributed by atoms with Gasteiger partial charge in [0.05, 0.1) is 43.6 Å². The zero-order valence-electron chi connectivity index (χ0n) is 15.3. The van der Waals surface area contributed by atoms with Crippen molar-refractivity contribution in [3.63, 3.8) is 0 Å². The third kappa shape index (κ3) is 4.34. The quantitative estimate of drug-likeness (QED) is 0.783. The van der Waals surface area contributed by atoms with Crippen molar-refractivity contribution in [3.8, 4) is 11.5 Å². The first-order valence-corrected chi connectivity index (χ1v) is 10.6. The minimum atomic E-state index is -3.72. The molecule has 28 heavy (non-hydrogen) atoms. The van der Waals surface area contributed by atoms with E-state index in [0.29, 0.717) is 62.7 Å².